The molecule has 2 aromatic rings. The van der Waals surface area contributed by atoms with Gasteiger partial charge < -0.3 is 19.5 Å². The van der Waals surface area contributed by atoms with E-state index in [1.54, 1.807) is 26.2 Å². The van der Waals surface area contributed by atoms with Crippen LogP contribution < -0.4 is 14.8 Å². The van der Waals surface area contributed by atoms with Gasteiger partial charge in [0.25, 0.3) is 5.91 Å². The average Bonchev–Trinajstić information content (AvgIpc) is 2.62. The van der Waals surface area contributed by atoms with Crippen molar-refractivity contribution in [3.05, 3.63) is 60.2 Å². The molecule has 1 N–H and O–H groups in total. The molecule has 1 amide bonds. The second kappa shape index (κ2) is 9.57. The number of benzene rings is 2. The Labute approximate surface area is 142 Å². The number of carbonyl (C=O) groups excluding carboxylic acids is 1. The fourth-order valence-electron chi connectivity index (χ4n) is 2.11. The number of hydrogen-bond acceptors (Lipinski definition) is 4. The highest BCUT2D eigenvalue weighted by Gasteiger charge is 2.15. The molecule has 5 heteroatoms. The van der Waals surface area contributed by atoms with Crippen molar-refractivity contribution in [3.8, 4) is 11.5 Å². The third-order valence-corrected chi connectivity index (χ3v) is 3.40. The predicted octanol–water partition coefficient (Wildman–Crippen LogP) is 2.80. The Bertz CT molecular complexity index is 630. The fraction of sp³-hybridized carbons (Fsp3) is 0.316. The van der Waals surface area contributed by atoms with E-state index in [0.717, 1.165) is 5.56 Å². The van der Waals surface area contributed by atoms with E-state index in [4.69, 9.17) is 14.2 Å². The second-order valence-electron chi connectivity index (χ2n) is 5.24. The van der Waals surface area contributed by atoms with Gasteiger partial charge in [0.2, 0.25) is 0 Å². The molecule has 1 unspecified atom stereocenters. The monoisotopic (exact) mass is 329 g/mol. The van der Waals surface area contributed by atoms with E-state index in [9.17, 15) is 4.79 Å². The maximum Gasteiger partial charge on any atom is 0.260 e. The first-order valence-corrected chi connectivity index (χ1v) is 7.89. The Morgan fingerprint density at radius 3 is 2.42 bits per heavy atom. The van der Waals surface area contributed by atoms with Gasteiger partial charge in [-0.2, -0.15) is 0 Å². The van der Waals surface area contributed by atoms with Crippen LogP contribution >= 0.6 is 0 Å². The number of methoxy groups -OCH3 is 1. The van der Waals surface area contributed by atoms with E-state index in [1.165, 1.54) is 0 Å². The van der Waals surface area contributed by atoms with Gasteiger partial charge in [-0.25, -0.2) is 0 Å². The minimum atomic E-state index is -0.615. The van der Waals surface area contributed by atoms with Crippen molar-refractivity contribution in [1.29, 1.82) is 0 Å². The van der Waals surface area contributed by atoms with Crippen LogP contribution in [0.4, 0.5) is 0 Å². The van der Waals surface area contributed by atoms with Gasteiger partial charge in [-0.05, 0) is 24.6 Å². The molecular weight excluding hydrogens is 306 g/mol. The molecule has 5 nitrogen and oxygen atoms in total. The predicted molar refractivity (Wildman–Crippen MR) is 92.2 cm³/mol. The van der Waals surface area contributed by atoms with Gasteiger partial charge in [0.15, 0.2) is 17.6 Å². The van der Waals surface area contributed by atoms with Crippen molar-refractivity contribution < 1.29 is 19.0 Å². The third-order valence-electron chi connectivity index (χ3n) is 3.40. The van der Waals surface area contributed by atoms with Crippen molar-refractivity contribution >= 4 is 5.91 Å². The molecule has 0 spiro atoms. The van der Waals surface area contributed by atoms with E-state index < -0.39 is 6.10 Å². The number of para-hydroxylation sites is 2. The summed E-state index contributed by atoms with van der Waals surface area (Å²) in [5.41, 5.74) is 1.11. The lowest BCUT2D eigenvalue weighted by molar-refractivity contribution is -0.127. The average molecular weight is 329 g/mol. The first kappa shape index (κ1) is 17.8. The summed E-state index contributed by atoms with van der Waals surface area (Å²) in [6.45, 7) is 3.11. The number of ether oxygens (including phenoxy) is 3. The molecule has 0 aliphatic heterocycles. The summed E-state index contributed by atoms with van der Waals surface area (Å²) < 4.78 is 16.4. The maximum atomic E-state index is 12.0. The lowest BCUT2D eigenvalue weighted by Crippen LogP contribution is -2.38. The summed E-state index contributed by atoms with van der Waals surface area (Å²) in [6.07, 6.45) is -0.615. The number of hydrogen-bond donors (Lipinski definition) is 1. The van der Waals surface area contributed by atoms with E-state index in [0.29, 0.717) is 31.3 Å². The van der Waals surface area contributed by atoms with Gasteiger partial charge >= 0.3 is 0 Å². The largest absolute Gasteiger partial charge is 0.493 e. The van der Waals surface area contributed by atoms with Gasteiger partial charge in [0.1, 0.15) is 0 Å². The molecule has 0 aliphatic rings. The lowest BCUT2D eigenvalue weighted by Gasteiger charge is -2.16. The number of amides is 1. The molecule has 128 valence electrons. The highest BCUT2D eigenvalue weighted by atomic mass is 16.5. The quantitative estimate of drug-likeness (QED) is 0.719. The maximum absolute atomic E-state index is 12.0. The Kier molecular flexibility index (Phi) is 7.11. The van der Waals surface area contributed by atoms with Gasteiger partial charge in [0.05, 0.1) is 20.3 Å². The summed E-state index contributed by atoms with van der Waals surface area (Å²) in [4.78, 5) is 12.0. The summed E-state index contributed by atoms with van der Waals surface area (Å²) in [5.74, 6) is 0.954. The number of nitrogens with one attached hydrogen (secondary N) is 1. The highest BCUT2D eigenvalue weighted by Crippen LogP contribution is 2.26. The van der Waals surface area contributed by atoms with Crippen molar-refractivity contribution in [2.75, 3.05) is 20.3 Å². The molecule has 0 aromatic heterocycles. The Morgan fingerprint density at radius 2 is 1.71 bits per heavy atom. The summed E-state index contributed by atoms with van der Waals surface area (Å²) >= 11 is 0. The second-order valence-corrected chi connectivity index (χ2v) is 5.24. The molecular formula is C19H23NO4. The molecule has 0 saturated heterocycles. The first-order chi connectivity index (χ1) is 11.7. The van der Waals surface area contributed by atoms with Gasteiger partial charge in [0, 0.05) is 6.54 Å². The summed E-state index contributed by atoms with van der Waals surface area (Å²) in [7, 11) is 1.57. The van der Waals surface area contributed by atoms with Gasteiger partial charge in [-0.1, -0.05) is 42.5 Å². The lowest BCUT2D eigenvalue weighted by atomic mass is 10.2. The standard InChI is InChI=1S/C19H23NO4/c1-15(24-18-11-7-6-10-17(18)22-2)19(21)20-12-13-23-14-16-8-4-3-5-9-16/h3-11,15H,12-14H2,1-2H3,(H,20,21). The molecule has 0 fully saturated rings. The van der Waals surface area contributed by atoms with E-state index >= 15 is 0 Å². The van der Waals surface area contributed by atoms with Crippen LogP contribution in [0, 0.1) is 0 Å². The molecule has 0 heterocycles. The molecule has 0 radical (unpaired) electrons. The zero-order valence-corrected chi connectivity index (χ0v) is 14.0. The van der Waals surface area contributed by atoms with Crippen LogP contribution in [0.2, 0.25) is 0 Å². The van der Waals surface area contributed by atoms with E-state index in [2.05, 4.69) is 5.32 Å². The molecule has 1 atom stereocenters. The van der Waals surface area contributed by atoms with Crippen LogP contribution in [-0.4, -0.2) is 32.3 Å². The molecule has 2 rings (SSSR count). The Morgan fingerprint density at radius 1 is 1.04 bits per heavy atom. The molecule has 2 aromatic carbocycles. The van der Waals surface area contributed by atoms with Gasteiger partial charge in [-0.15, -0.1) is 0 Å². The van der Waals surface area contributed by atoms with Crippen LogP contribution in [0.5, 0.6) is 11.5 Å². The van der Waals surface area contributed by atoms with Crippen LogP contribution in [0.25, 0.3) is 0 Å². The smallest absolute Gasteiger partial charge is 0.260 e. The molecule has 0 bridgehead atoms. The van der Waals surface area contributed by atoms with Crippen LogP contribution in [-0.2, 0) is 16.1 Å². The van der Waals surface area contributed by atoms with Crippen molar-refractivity contribution in [3.63, 3.8) is 0 Å². The zero-order chi connectivity index (χ0) is 17.2. The van der Waals surface area contributed by atoms with Crippen molar-refractivity contribution in [2.45, 2.75) is 19.6 Å². The van der Waals surface area contributed by atoms with Gasteiger partial charge in [-0.3, -0.25) is 4.79 Å². The van der Waals surface area contributed by atoms with Crippen molar-refractivity contribution in [2.24, 2.45) is 0 Å². The Hall–Kier alpha value is -2.53. The molecule has 24 heavy (non-hydrogen) atoms. The minimum absolute atomic E-state index is 0.191. The van der Waals surface area contributed by atoms with Crippen LogP contribution in [0.15, 0.2) is 54.6 Å². The molecule has 0 aliphatic carbocycles. The zero-order valence-electron chi connectivity index (χ0n) is 14.0. The van der Waals surface area contributed by atoms with Crippen LogP contribution in [0.3, 0.4) is 0 Å². The summed E-state index contributed by atoms with van der Waals surface area (Å²) in [6, 6.07) is 17.1. The molecule has 0 saturated carbocycles. The minimum Gasteiger partial charge on any atom is -0.493 e. The van der Waals surface area contributed by atoms with Crippen molar-refractivity contribution in [1.82, 2.24) is 5.32 Å². The SMILES string of the molecule is COc1ccccc1OC(C)C(=O)NCCOCc1ccccc1. The number of carbonyl (C=O) groups is 1. The fourth-order valence-corrected chi connectivity index (χ4v) is 2.11. The first-order valence-electron chi connectivity index (χ1n) is 7.89. The topological polar surface area (TPSA) is 56.8 Å². The van der Waals surface area contributed by atoms with E-state index in [1.807, 2.05) is 42.5 Å². The third kappa shape index (κ3) is 5.59. The highest BCUT2D eigenvalue weighted by molar-refractivity contribution is 5.80. The number of rotatable bonds is 9. The van der Waals surface area contributed by atoms with Crippen LogP contribution in [0.1, 0.15) is 12.5 Å². The van der Waals surface area contributed by atoms with E-state index in [-0.39, 0.29) is 5.91 Å². The summed E-state index contributed by atoms with van der Waals surface area (Å²) in [5, 5.41) is 2.80. The Balaban J connectivity index is 1.68. The normalized spacial score (nSPS) is 11.6.